The Labute approximate surface area is 145 Å². The van der Waals surface area contributed by atoms with Crippen LogP contribution in [0.3, 0.4) is 0 Å². The predicted molar refractivity (Wildman–Crippen MR) is 98.1 cm³/mol. The molecule has 2 rings (SSSR count). The van der Waals surface area contributed by atoms with E-state index in [2.05, 4.69) is 35.7 Å². The zero-order valence-corrected chi connectivity index (χ0v) is 14.7. The molecule has 3 heteroatoms. The summed E-state index contributed by atoms with van der Waals surface area (Å²) >= 11 is 0. The van der Waals surface area contributed by atoms with Gasteiger partial charge in [-0.05, 0) is 55.0 Å². The van der Waals surface area contributed by atoms with E-state index in [9.17, 15) is 0 Å². The van der Waals surface area contributed by atoms with Crippen LogP contribution in [0.25, 0.3) is 0 Å². The highest BCUT2D eigenvalue weighted by Gasteiger charge is 1.97. The Balaban J connectivity index is 1.88. The molecule has 0 radical (unpaired) electrons. The first-order chi connectivity index (χ1) is 11.8. The maximum Gasteiger partial charge on any atom is 0.205 e. The summed E-state index contributed by atoms with van der Waals surface area (Å²) in [5.41, 5.74) is 2.13. The van der Waals surface area contributed by atoms with Crippen molar-refractivity contribution in [2.75, 3.05) is 6.61 Å². The summed E-state index contributed by atoms with van der Waals surface area (Å²) in [5, 5.41) is 0. The fraction of sp³-hybridized carbons (Fsp3) is 0.429. The quantitative estimate of drug-likeness (QED) is 0.518. The molecule has 0 aliphatic carbocycles. The van der Waals surface area contributed by atoms with Crippen LogP contribution < -0.4 is 4.74 Å². The number of nitrogens with zero attached hydrogens (tertiary/aromatic N) is 2. The summed E-state index contributed by atoms with van der Waals surface area (Å²) in [6.45, 7) is 5.06. The van der Waals surface area contributed by atoms with Crippen molar-refractivity contribution in [2.24, 2.45) is 0 Å². The molecule has 0 atom stereocenters. The molecular formula is C21H26N2O. The minimum atomic E-state index is 0.568. The number of hydrogen-bond acceptors (Lipinski definition) is 3. The van der Waals surface area contributed by atoms with Gasteiger partial charge in [0.25, 0.3) is 0 Å². The highest BCUT2D eigenvalue weighted by atomic mass is 16.5. The number of rotatable bonds is 8. The van der Waals surface area contributed by atoms with Crippen molar-refractivity contribution < 1.29 is 4.74 Å². The van der Waals surface area contributed by atoms with Crippen molar-refractivity contribution in [2.45, 2.75) is 52.4 Å². The number of aryl methyl sites for hydroxylation is 1. The molecule has 1 heterocycles. The maximum absolute atomic E-state index is 5.56. The molecule has 2 aromatic rings. The first kappa shape index (κ1) is 18.0. The summed E-state index contributed by atoms with van der Waals surface area (Å²) in [4.78, 5) is 8.68. The first-order valence-electron chi connectivity index (χ1n) is 8.87. The van der Waals surface area contributed by atoms with Gasteiger partial charge in [0.2, 0.25) is 5.82 Å². The molecule has 0 N–H and O–H groups in total. The Morgan fingerprint density at radius 2 is 1.62 bits per heavy atom. The predicted octanol–water partition coefficient (Wildman–Crippen LogP) is 4.79. The average Bonchev–Trinajstić information content (AvgIpc) is 2.64. The van der Waals surface area contributed by atoms with E-state index < -0.39 is 0 Å². The van der Waals surface area contributed by atoms with Crippen molar-refractivity contribution >= 4 is 0 Å². The van der Waals surface area contributed by atoms with E-state index in [1.54, 1.807) is 0 Å². The molecule has 0 unspecified atom stereocenters. The third-order valence-corrected chi connectivity index (χ3v) is 3.67. The maximum atomic E-state index is 5.56. The van der Waals surface area contributed by atoms with Crippen molar-refractivity contribution in [3.05, 3.63) is 53.6 Å². The number of benzene rings is 1. The highest BCUT2D eigenvalue weighted by Crippen LogP contribution is 2.12. The van der Waals surface area contributed by atoms with Gasteiger partial charge in [-0.1, -0.05) is 39.0 Å². The molecule has 0 saturated heterocycles. The minimum Gasteiger partial charge on any atom is -0.494 e. The molecule has 24 heavy (non-hydrogen) atoms. The molecule has 126 valence electrons. The highest BCUT2D eigenvalue weighted by molar-refractivity contribution is 5.40. The van der Waals surface area contributed by atoms with Gasteiger partial charge in [0.05, 0.1) is 6.61 Å². The Morgan fingerprint density at radius 3 is 2.29 bits per heavy atom. The normalized spacial score (nSPS) is 10.1. The fourth-order valence-electron chi connectivity index (χ4n) is 2.29. The Morgan fingerprint density at radius 1 is 0.875 bits per heavy atom. The number of aromatic nitrogens is 2. The second kappa shape index (κ2) is 10.4. The molecule has 0 fully saturated rings. The molecule has 0 aliphatic rings. The van der Waals surface area contributed by atoms with Crippen molar-refractivity contribution in [1.82, 2.24) is 9.97 Å². The zero-order chi connectivity index (χ0) is 17.0. The monoisotopic (exact) mass is 322 g/mol. The van der Waals surface area contributed by atoms with Crippen molar-refractivity contribution in [3.8, 4) is 17.6 Å². The lowest BCUT2D eigenvalue weighted by atomic mass is 10.1. The van der Waals surface area contributed by atoms with Gasteiger partial charge in [0.15, 0.2) is 0 Å². The summed E-state index contributed by atoms with van der Waals surface area (Å²) in [6, 6.07) is 7.81. The number of hydrogen-bond donors (Lipinski definition) is 0. The molecule has 0 bridgehead atoms. The van der Waals surface area contributed by atoms with Crippen LogP contribution in [-0.2, 0) is 6.42 Å². The minimum absolute atomic E-state index is 0.568. The summed E-state index contributed by atoms with van der Waals surface area (Å²) in [5.74, 6) is 7.56. The van der Waals surface area contributed by atoms with Crippen LogP contribution in [0.15, 0.2) is 36.7 Å². The van der Waals surface area contributed by atoms with Gasteiger partial charge in [0.1, 0.15) is 5.75 Å². The standard InChI is InChI=1S/C21H26N2O/c1-3-5-6-7-8-19-16-22-21(23-17-19)14-11-18-9-12-20(13-10-18)24-15-4-2/h9-10,12-13,16-17H,3-8,15H2,1-2H3. The average molecular weight is 322 g/mol. The van der Waals surface area contributed by atoms with E-state index in [1.807, 2.05) is 36.7 Å². The zero-order valence-electron chi connectivity index (χ0n) is 14.7. The van der Waals surface area contributed by atoms with Crippen LogP contribution in [0, 0.1) is 11.8 Å². The third kappa shape index (κ3) is 6.42. The van der Waals surface area contributed by atoms with Crippen LogP contribution in [0.4, 0.5) is 0 Å². The lowest BCUT2D eigenvalue weighted by molar-refractivity contribution is 0.317. The summed E-state index contributed by atoms with van der Waals surface area (Å²) in [6.07, 6.45) is 10.9. The van der Waals surface area contributed by atoms with Gasteiger partial charge in [-0.25, -0.2) is 9.97 Å². The van der Waals surface area contributed by atoms with E-state index >= 15 is 0 Å². The molecule has 1 aromatic heterocycles. The van der Waals surface area contributed by atoms with Crippen LogP contribution in [0.2, 0.25) is 0 Å². The lowest BCUT2D eigenvalue weighted by Crippen LogP contribution is -1.94. The van der Waals surface area contributed by atoms with E-state index in [1.165, 1.54) is 31.2 Å². The molecule has 0 saturated carbocycles. The third-order valence-electron chi connectivity index (χ3n) is 3.67. The van der Waals surface area contributed by atoms with Crippen LogP contribution in [0.5, 0.6) is 5.75 Å². The van der Waals surface area contributed by atoms with E-state index in [0.717, 1.165) is 30.8 Å². The SMILES string of the molecule is CCCCCCc1cnc(C#Cc2ccc(OCCC)cc2)nc1. The Kier molecular flexibility index (Phi) is 7.83. The van der Waals surface area contributed by atoms with E-state index in [4.69, 9.17) is 4.74 Å². The molecule has 0 amide bonds. The fourth-order valence-corrected chi connectivity index (χ4v) is 2.29. The van der Waals surface area contributed by atoms with Crippen molar-refractivity contribution in [1.29, 1.82) is 0 Å². The van der Waals surface area contributed by atoms with E-state index in [-0.39, 0.29) is 0 Å². The van der Waals surface area contributed by atoms with Gasteiger partial charge in [-0.2, -0.15) is 0 Å². The van der Waals surface area contributed by atoms with Gasteiger partial charge in [-0.3, -0.25) is 0 Å². The first-order valence-corrected chi connectivity index (χ1v) is 8.87. The Hall–Kier alpha value is -2.34. The molecular weight excluding hydrogens is 296 g/mol. The topological polar surface area (TPSA) is 35.0 Å². The summed E-state index contributed by atoms with van der Waals surface area (Å²) < 4.78 is 5.56. The lowest BCUT2D eigenvalue weighted by Gasteiger charge is -2.03. The second-order valence-corrected chi connectivity index (χ2v) is 5.85. The number of ether oxygens (including phenoxy) is 1. The molecule has 0 aliphatic heterocycles. The van der Waals surface area contributed by atoms with Gasteiger partial charge in [0, 0.05) is 18.0 Å². The number of unbranched alkanes of at least 4 members (excludes halogenated alkanes) is 3. The molecule has 1 aromatic carbocycles. The smallest absolute Gasteiger partial charge is 0.205 e. The van der Waals surface area contributed by atoms with Crippen LogP contribution in [-0.4, -0.2) is 16.6 Å². The largest absolute Gasteiger partial charge is 0.494 e. The van der Waals surface area contributed by atoms with Gasteiger partial charge < -0.3 is 4.74 Å². The summed E-state index contributed by atoms with van der Waals surface area (Å²) in [7, 11) is 0. The van der Waals surface area contributed by atoms with E-state index in [0.29, 0.717) is 5.82 Å². The van der Waals surface area contributed by atoms with Gasteiger partial charge >= 0.3 is 0 Å². The molecule has 0 spiro atoms. The van der Waals surface area contributed by atoms with Crippen LogP contribution >= 0.6 is 0 Å². The van der Waals surface area contributed by atoms with Crippen LogP contribution in [0.1, 0.15) is 62.9 Å². The second-order valence-electron chi connectivity index (χ2n) is 5.85. The Bertz CT molecular complexity index is 651. The van der Waals surface area contributed by atoms with Crippen molar-refractivity contribution in [3.63, 3.8) is 0 Å². The molecule has 3 nitrogen and oxygen atoms in total. The van der Waals surface area contributed by atoms with Gasteiger partial charge in [-0.15, -0.1) is 0 Å².